The van der Waals surface area contributed by atoms with Crippen LogP contribution in [0.4, 0.5) is 10.3 Å². The molecule has 5 nitrogen and oxygen atoms in total. The second-order valence-corrected chi connectivity index (χ2v) is 5.95. The number of aromatic nitrogens is 1. The number of aryl methyl sites for hydroxylation is 1. The first-order valence-corrected chi connectivity index (χ1v) is 7.08. The second-order valence-electron chi connectivity index (χ2n) is 3.47. The van der Waals surface area contributed by atoms with E-state index in [1.807, 2.05) is 0 Å². The molecule has 96 valence electrons. The largest absolute Gasteiger partial charge is 0.336 e. The summed E-state index contributed by atoms with van der Waals surface area (Å²) in [7, 11) is -3.82. The zero-order valence-electron chi connectivity index (χ0n) is 9.15. The number of hydrogen-bond donors (Lipinski definition) is 1. The summed E-state index contributed by atoms with van der Waals surface area (Å²) < 4.78 is 44.0. The molecule has 0 atom stereocenters. The van der Waals surface area contributed by atoms with Crippen LogP contribution >= 0.6 is 15.9 Å². The van der Waals surface area contributed by atoms with Gasteiger partial charge in [0.2, 0.25) is 0 Å². The smallest absolute Gasteiger partial charge is 0.264 e. The second kappa shape index (κ2) is 4.69. The highest BCUT2D eigenvalue weighted by Crippen LogP contribution is 2.27. The van der Waals surface area contributed by atoms with E-state index in [9.17, 15) is 12.8 Å². The zero-order chi connectivity index (χ0) is 13.3. The molecule has 2 aromatic rings. The number of sulfonamides is 1. The Kier molecular flexibility index (Phi) is 3.40. The Balaban J connectivity index is 2.33. The van der Waals surface area contributed by atoms with Crippen molar-refractivity contribution in [3.8, 4) is 0 Å². The average molecular weight is 335 g/mol. The summed E-state index contributed by atoms with van der Waals surface area (Å²) in [5.74, 6) is -0.525. The van der Waals surface area contributed by atoms with E-state index in [0.29, 0.717) is 10.2 Å². The van der Waals surface area contributed by atoms with Crippen LogP contribution in [0.5, 0.6) is 0 Å². The van der Waals surface area contributed by atoms with Crippen molar-refractivity contribution < 1.29 is 17.3 Å². The van der Waals surface area contributed by atoms with Gasteiger partial charge < -0.3 is 4.52 Å². The maximum atomic E-state index is 12.7. The summed E-state index contributed by atoms with van der Waals surface area (Å²) in [5, 5.41) is 3.60. The summed E-state index contributed by atoms with van der Waals surface area (Å²) in [6, 6.07) is 4.45. The summed E-state index contributed by atoms with van der Waals surface area (Å²) >= 11 is 3.14. The summed E-state index contributed by atoms with van der Waals surface area (Å²) in [5.41, 5.74) is 0.520. The lowest BCUT2D eigenvalue weighted by Gasteiger charge is -2.04. The van der Waals surface area contributed by atoms with E-state index in [4.69, 9.17) is 4.52 Å². The molecular weight excluding hydrogens is 327 g/mol. The topological polar surface area (TPSA) is 72.2 Å². The molecule has 0 bridgehead atoms. The van der Waals surface area contributed by atoms with Gasteiger partial charge in [-0.15, -0.1) is 0 Å². The fourth-order valence-corrected chi connectivity index (χ4v) is 2.59. The molecule has 0 spiro atoms. The average Bonchev–Trinajstić information content (AvgIpc) is 2.61. The molecule has 0 saturated carbocycles. The highest BCUT2D eigenvalue weighted by molar-refractivity contribution is 9.10. The Morgan fingerprint density at radius 1 is 1.33 bits per heavy atom. The molecule has 0 fully saturated rings. The molecule has 0 aliphatic carbocycles. The van der Waals surface area contributed by atoms with Crippen LogP contribution in [-0.4, -0.2) is 13.6 Å². The fraction of sp³-hybridized carbons (Fsp3) is 0.100. The molecule has 0 aliphatic rings. The van der Waals surface area contributed by atoms with E-state index >= 15 is 0 Å². The molecule has 0 saturated heterocycles. The maximum absolute atomic E-state index is 12.7. The first-order valence-electron chi connectivity index (χ1n) is 4.80. The van der Waals surface area contributed by atoms with Crippen molar-refractivity contribution in [1.82, 2.24) is 5.16 Å². The number of anilines is 1. The van der Waals surface area contributed by atoms with E-state index in [-0.39, 0.29) is 10.8 Å². The van der Waals surface area contributed by atoms with Crippen molar-refractivity contribution in [2.75, 3.05) is 4.72 Å². The normalized spacial score (nSPS) is 11.5. The monoisotopic (exact) mass is 334 g/mol. The number of halogens is 2. The number of rotatable bonds is 3. The van der Waals surface area contributed by atoms with Gasteiger partial charge in [-0.1, -0.05) is 5.16 Å². The van der Waals surface area contributed by atoms with E-state index in [2.05, 4.69) is 25.8 Å². The molecule has 1 aromatic carbocycles. The predicted octanol–water partition coefficient (Wildman–Crippen LogP) is 2.69. The Bertz CT molecular complexity index is 667. The van der Waals surface area contributed by atoms with Gasteiger partial charge in [0.15, 0.2) is 0 Å². The van der Waals surface area contributed by atoms with Crippen LogP contribution < -0.4 is 4.72 Å². The van der Waals surface area contributed by atoms with E-state index in [0.717, 1.165) is 24.3 Å². The van der Waals surface area contributed by atoms with Crippen LogP contribution in [0.1, 0.15) is 5.69 Å². The number of nitrogens with zero attached hydrogens (tertiary/aromatic N) is 1. The van der Waals surface area contributed by atoms with Crippen LogP contribution in [0.25, 0.3) is 0 Å². The highest BCUT2D eigenvalue weighted by atomic mass is 79.9. The third kappa shape index (κ3) is 2.54. The van der Waals surface area contributed by atoms with Gasteiger partial charge in [0.25, 0.3) is 15.9 Å². The van der Waals surface area contributed by atoms with Crippen molar-refractivity contribution in [1.29, 1.82) is 0 Å². The molecule has 2 rings (SSSR count). The molecule has 1 N–H and O–H groups in total. The maximum Gasteiger partial charge on any atom is 0.264 e. The quantitative estimate of drug-likeness (QED) is 0.936. The first kappa shape index (κ1) is 13.0. The zero-order valence-corrected chi connectivity index (χ0v) is 11.5. The van der Waals surface area contributed by atoms with Crippen LogP contribution in [0, 0.1) is 12.7 Å². The lowest BCUT2D eigenvalue weighted by molar-refractivity contribution is 0.430. The van der Waals surface area contributed by atoms with Gasteiger partial charge in [-0.3, -0.25) is 0 Å². The summed E-state index contributed by atoms with van der Waals surface area (Å²) in [4.78, 5) is -0.0650. The van der Waals surface area contributed by atoms with Crippen molar-refractivity contribution in [2.24, 2.45) is 0 Å². The molecule has 1 heterocycles. The summed E-state index contributed by atoms with van der Waals surface area (Å²) in [6.45, 7) is 1.66. The van der Waals surface area contributed by atoms with Crippen LogP contribution in [0.2, 0.25) is 0 Å². The Hall–Kier alpha value is -1.41. The Morgan fingerprint density at radius 3 is 2.44 bits per heavy atom. The lowest BCUT2D eigenvalue weighted by atomic mass is 10.4. The van der Waals surface area contributed by atoms with E-state index < -0.39 is 15.8 Å². The number of hydrogen-bond acceptors (Lipinski definition) is 4. The Morgan fingerprint density at radius 2 is 1.94 bits per heavy atom. The minimum Gasteiger partial charge on any atom is -0.336 e. The van der Waals surface area contributed by atoms with Crippen molar-refractivity contribution in [3.05, 3.63) is 40.2 Å². The summed E-state index contributed by atoms with van der Waals surface area (Å²) in [6.07, 6.45) is 0. The predicted molar refractivity (Wildman–Crippen MR) is 66.1 cm³/mol. The fourth-order valence-electron chi connectivity index (χ4n) is 1.22. The van der Waals surface area contributed by atoms with Crippen LogP contribution in [0.15, 0.2) is 38.2 Å². The molecule has 0 amide bonds. The first-order chi connectivity index (χ1) is 8.40. The van der Waals surface area contributed by atoms with Gasteiger partial charge in [0.1, 0.15) is 10.3 Å². The molecule has 1 aromatic heterocycles. The van der Waals surface area contributed by atoms with Gasteiger partial charge in [0.05, 0.1) is 10.6 Å². The molecule has 0 aliphatic heterocycles. The van der Waals surface area contributed by atoms with Crippen molar-refractivity contribution >= 4 is 31.8 Å². The Labute approximate surface area is 111 Å². The third-order valence-electron chi connectivity index (χ3n) is 2.14. The molecule has 8 heteroatoms. The van der Waals surface area contributed by atoms with Gasteiger partial charge in [-0.05, 0) is 47.1 Å². The third-order valence-corrected chi connectivity index (χ3v) is 4.42. The van der Waals surface area contributed by atoms with Gasteiger partial charge in [-0.25, -0.2) is 17.5 Å². The van der Waals surface area contributed by atoms with Gasteiger partial charge >= 0.3 is 0 Å². The standard InChI is InChI=1S/C10H8BrFN2O3S/c1-6-9(11)10(17-13-6)14-18(15,16)8-4-2-7(12)3-5-8/h2-5,14H,1H3. The molecular formula is C10H8BrFN2O3S. The van der Waals surface area contributed by atoms with Crippen LogP contribution in [0.3, 0.4) is 0 Å². The van der Waals surface area contributed by atoms with E-state index in [1.54, 1.807) is 6.92 Å². The molecule has 18 heavy (non-hydrogen) atoms. The minimum absolute atomic E-state index is 0.0168. The number of nitrogens with one attached hydrogen (secondary N) is 1. The van der Waals surface area contributed by atoms with Crippen molar-refractivity contribution in [2.45, 2.75) is 11.8 Å². The molecule has 0 radical (unpaired) electrons. The van der Waals surface area contributed by atoms with Crippen LogP contribution in [-0.2, 0) is 10.0 Å². The van der Waals surface area contributed by atoms with Gasteiger partial charge in [0, 0.05) is 0 Å². The SMILES string of the molecule is Cc1noc(NS(=O)(=O)c2ccc(F)cc2)c1Br. The minimum atomic E-state index is -3.82. The van der Waals surface area contributed by atoms with Crippen molar-refractivity contribution in [3.63, 3.8) is 0 Å². The number of benzene rings is 1. The molecule has 0 unspecified atom stereocenters. The highest BCUT2D eigenvalue weighted by Gasteiger charge is 2.19. The lowest BCUT2D eigenvalue weighted by Crippen LogP contribution is -2.12. The van der Waals surface area contributed by atoms with E-state index in [1.165, 1.54) is 0 Å². The van der Waals surface area contributed by atoms with Gasteiger partial charge in [-0.2, -0.15) is 0 Å².